The van der Waals surface area contributed by atoms with Gasteiger partial charge in [0, 0.05) is 37.0 Å². The topological polar surface area (TPSA) is 73.4 Å². The molecule has 0 aliphatic heterocycles. The first-order chi connectivity index (χ1) is 15.2. The quantitative estimate of drug-likeness (QED) is 0.478. The van der Waals surface area contributed by atoms with E-state index in [1.54, 1.807) is 12.3 Å². The first kappa shape index (κ1) is 23.3. The second-order valence-electron chi connectivity index (χ2n) is 7.96. The van der Waals surface area contributed by atoms with Crippen LogP contribution in [0.15, 0.2) is 23.2 Å². The summed E-state index contributed by atoms with van der Waals surface area (Å²) < 4.78 is 23.8. The summed E-state index contributed by atoms with van der Waals surface area (Å²) in [7, 11) is 5.84. The van der Waals surface area contributed by atoms with Crippen molar-refractivity contribution in [3.8, 4) is 5.75 Å². The van der Waals surface area contributed by atoms with E-state index in [1.165, 1.54) is 12.1 Å². The lowest BCUT2D eigenvalue weighted by atomic mass is 10.1. The van der Waals surface area contributed by atoms with Crippen molar-refractivity contribution < 1.29 is 9.13 Å². The maximum absolute atomic E-state index is 14.1. The van der Waals surface area contributed by atoms with Crippen LogP contribution in [0.25, 0.3) is 11.9 Å². The lowest BCUT2D eigenvalue weighted by molar-refractivity contribution is 0.319. The maximum Gasteiger partial charge on any atom is 0.151 e. The van der Waals surface area contributed by atoms with E-state index < -0.39 is 0 Å². The van der Waals surface area contributed by atoms with Crippen LogP contribution in [0.4, 0.5) is 4.39 Å². The molecule has 0 bridgehead atoms. The Balaban J connectivity index is 1.90. The monoisotopic (exact) mass is 439 g/mol. The third-order valence-corrected chi connectivity index (χ3v) is 5.30. The third-order valence-electron chi connectivity index (χ3n) is 5.30. The van der Waals surface area contributed by atoms with Crippen molar-refractivity contribution >= 4 is 18.6 Å². The van der Waals surface area contributed by atoms with Crippen LogP contribution in [0.2, 0.25) is 0 Å². The lowest BCUT2D eigenvalue weighted by Crippen LogP contribution is -2.14. The van der Waals surface area contributed by atoms with Crippen molar-refractivity contribution in [2.75, 3.05) is 20.7 Å². The van der Waals surface area contributed by atoms with Gasteiger partial charge in [0.25, 0.3) is 0 Å². The molecule has 0 atom stereocenters. The highest BCUT2D eigenvalue weighted by molar-refractivity contribution is 5.80. The van der Waals surface area contributed by atoms with Crippen molar-refractivity contribution in [1.82, 2.24) is 29.4 Å². The molecule has 2 heterocycles. The lowest BCUT2D eigenvalue weighted by Gasteiger charge is -2.14. The molecule has 0 unspecified atom stereocenters. The predicted molar refractivity (Wildman–Crippen MR) is 124 cm³/mol. The largest absolute Gasteiger partial charge is 0.492 e. The molecule has 0 radical (unpaired) electrons. The average Bonchev–Trinajstić information content (AvgIpc) is 3.19. The number of aryl methyl sites for hydroxylation is 3. The number of ether oxygens (including phenoxy) is 1. The van der Waals surface area contributed by atoms with Crippen LogP contribution in [-0.2, 0) is 20.0 Å². The van der Waals surface area contributed by atoms with Crippen molar-refractivity contribution in [3.63, 3.8) is 0 Å². The average molecular weight is 440 g/mol. The Morgan fingerprint density at radius 2 is 2.00 bits per heavy atom. The molecule has 0 amide bonds. The first-order valence-corrected chi connectivity index (χ1v) is 10.4. The molecule has 1 aromatic carbocycles. The van der Waals surface area contributed by atoms with Gasteiger partial charge in [-0.1, -0.05) is 0 Å². The highest BCUT2D eigenvalue weighted by Gasteiger charge is 2.15. The zero-order chi connectivity index (χ0) is 23.4. The molecule has 0 aliphatic rings. The minimum Gasteiger partial charge on any atom is -0.492 e. The molecule has 0 fully saturated rings. The second kappa shape index (κ2) is 9.86. The number of halogens is 1. The molecule has 0 spiro atoms. The molecular weight excluding hydrogens is 409 g/mol. The number of hydrogen-bond acceptors (Lipinski definition) is 6. The minimum absolute atomic E-state index is 0.380. The van der Waals surface area contributed by atoms with Gasteiger partial charge in [0.05, 0.1) is 24.5 Å². The molecule has 9 heteroatoms. The summed E-state index contributed by atoms with van der Waals surface area (Å²) in [6, 6.07) is 4.41. The summed E-state index contributed by atoms with van der Waals surface area (Å²) in [5.41, 5.74) is 4.38. The molecule has 0 aliphatic carbocycles. The standard InChI is InChI=1S/C23H30FN7O/c1-15-19(16(2)30(7)28-15)10-11-32-22-12-18(24)8-9-20(22)21(25-4)13-31-17(3)26-27-23(31)14-29(5)6/h8-9,12-13H,4,10-11,14H2,1-3,5-7H3/b21-13-. The molecule has 170 valence electrons. The van der Waals surface area contributed by atoms with Crippen LogP contribution in [-0.4, -0.2) is 56.9 Å². The fraction of sp³-hybridized carbons (Fsp3) is 0.391. The van der Waals surface area contributed by atoms with Crippen LogP contribution in [0, 0.1) is 26.6 Å². The number of rotatable bonds is 9. The van der Waals surface area contributed by atoms with Gasteiger partial charge >= 0.3 is 0 Å². The number of aromatic nitrogens is 5. The first-order valence-electron chi connectivity index (χ1n) is 10.4. The molecular formula is C23H30FN7O. The SMILES string of the molecule is C=N/C(=C\n1c(C)nnc1CN(C)C)c1ccc(F)cc1OCCc1c(C)nn(C)c1C. The van der Waals surface area contributed by atoms with E-state index in [4.69, 9.17) is 4.74 Å². The second-order valence-corrected chi connectivity index (χ2v) is 7.96. The number of aliphatic imine (C=N–C) groups is 1. The van der Waals surface area contributed by atoms with Crippen LogP contribution < -0.4 is 4.74 Å². The summed E-state index contributed by atoms with van der Waals surface area (Å²) in [6.45, 7) is 10.6. The number of nitrogens with zero attached hydrogens (tertiary/aromatic N) is 7. The molecule has 8 nitrogen and oxygen atoms in total. The maximum atomic E-state index is 14.1. The number of benzene rings is 1. The molecule has 3 aromatic rings. The van der Waals surface area contributed by atoms with E-state index in [0.717, 1.165) is 28.6 Å². The van der Waals surface area contributed by atoms with Crippen LogP contribution in [0.3, 0.4) is 0 Å². The van der Waals surface area contributed by atoms with Crippen molar-refractivity contribution in [3.05, 3.63) is 58.2 Å². The fourth-order valence-corrected chi connectivity index (χ4v) is 3.56. The van der Waals surface area contributed by atoms with E-state index >= 15 is 0 Å². The summed E-state index contributed by atoms with van der Waals surface area (Å²) in [6.07, 6.45) is 2.47. The van der Waals surface area contributed by atoms with Crippen LogP contribution in [0.5, 0.6) is 5.75 Å². The van der Waals surface area contributed by atoms with Gasteiger partial charge in [-0.15, -0.1) is 10.2 Å². The van der Waals surface area contributed by atoms with Gasteiger partial charge in [0.15, 0.2) is 5.82 Å². The zero-order valence-electron chi connectivity index (χ0n) is 19.6. The highest BCUT2D eigenvalue weighted by Crippen LogP contribution is 2.29. The van der Waals surface area contributed by atoms with E-state index in [-0.39, 0.29) is 5.82 Å². The van der Waals surface area contributed by atoms with Crippen molar-refractivity contribution in [2.24, 2.45) is 12.0 Å². The van der Waals surface area contributed by atoms with Crippen molar-refractivity contribution in [1.29, 1.82) is 0 Å². The molecule has 2 aromatic heterocycles. The van der Waals surface area contributed by atoms with Gasteiger partial charge in [-0.3, -0.25) is 14.2 Å². The Morgan fingerprint density at radius 1 is 1.25 bits per heavy atom. The number of hydrogen-bond donors (Lipinski definition) is 0. The Hall–Kier alpha value is -3.33. The fourth-order valence-electron chi connectivity index (χ4n) is 3.56. The molecule has 32 heavy (non-hydrogen) atoms. The molecule has 0 N–H and O–H groups in total. The smallest absolute Gasteiger partial charge is 0.151 e. The Kier molecular flexibility index (Phi) is 7.19. The van der Waals surface area contributed by atoms with E-state index in [9.17, 15) is 4.39 Å². The normalized spacial score (nSPS) is 11.9. The summed E-state index contributed by atoms with van der Waals surface area (Å²) in [5.74, 6) is 1.51. The van der Waals surface area contributed by atoms with Crippen LogP contribution in [0.1, 0.15) is 34.2 Å². The van der Waals surface area contributed by atoms with E-state index in [1.807, 2.05) is 56.1 Å². The van der Waals surface area contributed by atoms with Gasteiger partial charge in [-0.05, 0) is 59.3 Å². The van der Waals surface area contributed by atoms with Crippen molar-refractivity contribution in [2.45, 2.75) is 33.7 Å². The molecule has 0 saturated carbocycles. The van der Waals surface area contributed by atoms with Gasteiger partial charge < -0.3 is 9.64 Å². The summed E-state index contributed by atoms with van der Waals surface area (Å²) in [5, 5.41) is 12.8. The van der Waals surface area contributed by atoms with Gasteiger partial charge in [0.1, 0.15) is 17.4 Å². The van der Waals surface area contributed by atoms with Gasteiger partial charge in [-0.2, -0.15) is 5.10 Å². The molecule has 0 saturated heterocycles. The Morgan fingerprint density at radius 3 is 2.62 bits per heavy atom. The molecule has 3 rings (SSSR count). The third kappa shape index (κ3) is 5.11. The predicted octanol–water partition coefficient (Wildman–Crippen LogP) is 3.42. The Labute approximate surface area is 188 Å². The summed E-state index contributed by atoms with van der Waals surface area (Å²) in [4.78, 5) is 6.19. The van der Waals surface area contributed by atoms with Gasteiger partial charge in [0.2, 0.25) is 0 Å². The highest BCUT2D eigenvalue weighted by atomic mass is 19.1. The minimum atomic E-state index is -0.380. The van der Waals surface area contributed by atoms with E-state index in [0.29, 0.717) is 36.6 Å². The summed E-state index contributed by atoms with van der Waals surface area (Å²) >= 11 is 0. The van der Waals surface area contributed by atoms with Gasteiger partial charge in [-0.25, -0.2) is 4.39 Å². The van der Waals surface area contributed by atoms with Crippen LogP contribution >= 0.6 is 0 Å². The Bertz CT molecular complexity index is 1140. The van der Waals surface area contributed by atoms with E-state index in [2.05, 4.69) is 27.0 Å². The zero-order valence-corrected chi connectivity index (χ0v) is 19.6.